The Morgan fingerprint density at radius 3 is 2.55 bits per heavy atom. The number of ether oxygens (including phenoxy) is 1. The van der Waals surface area contributed by atoms with E-state index in [1.165, 1.54) is 23.5 Å². The number of nitrogens with zero attached hydrogens (tertiary/aromatic N) is 3. The summed E-state index contributed by atoms with van der Waals surface area (Å²) in [6.07, 6.45) is 5.33. The van der Waals surface area contributed by atoms with Crippen LogP contribution in [0.25, 0.3) is 0 Å². The third-order valence-corrected chi connectivity index (χ3v) is 6.98. The molecular formula is C26H30FN3O3. The Hall–Kier alpha value is -2.77. The van der Waals surface area contributed by atoms with Gasteiger partial charge in [-0.15, -0.1) is 0 Å². The van der Waals surface area contributed by atoms with Crippen LogP contribution in [0.1, 0.15) is 43.7 Å². The number of carbonyl (C=O) groups excluding carboxylic acids is 2. The molecule has 0 spiro atoms. The molecule has 3 aliphatic rings. The van der Waals surface area contributed by atoms with Gasteiger partial charge in [0.25, 0.3) is 5.91 Å². The molecule has 5 rings (SSSR count). The SMILES string of the molecule is O=C1C(N(C(=O)CN2CCOCC2)c2cccc(F)c2)c2ccccc2N1C1CCCCC1. The number of fused-ring (bicyclic) bond motifs is 1. The fourth-order valence-corrected chi connectivity index (χ4v) is 5.38. The first-order valence-electron chi connectivity index (χ1n) is 11.9. The predicted molar refractivity (Wildman–Crippen MR) is 125 cm³/mol. The Kier molecular flexibility index (Phi) is 6.42. The standard InChI is InChI=1S/C26H30FN3O3/c27-19-7-6-10-21(17-19)30(24(31)18-28-13-15-33-16-14-28)25-22-11-4-5-12-23(22)29(26(25)32)20-8-2-1-3-9-20/h4-7,10-12,17,20,25H,1-3,8-9,13-16,18H2. The maximum Gasteiger partial charge on any atom is 0.255 e. The highest BCUT2D eigenvalue weighted by molar-refractivity contribution is 6.12. The molecule has 6 nitrogen and oxygen atoms in total. The Morgan fingerprint density at radius 2 is 1.79 bits per heavy atom. The van der Waals surface area contributed by atoms with E-state index in [-0.39, 0.29) is 24.4 Å². The molecule has 1 aliphatic carbocycles. The molecule has 0 bridgehead atoms. The lowest BCUT2D eigenvalue weighted by Crippen LogP contribution is -2.49. The summed E-state index contributed by atoms with van der Waals surface area (Å²) in [7, 11) is 0. The van der Waals surface area contributed by atoms with Crippen LogP contribution < -0.4 is 9.80 Å². The van der Waals surface area contributed by atoms with Crippen molar-refractivity contribution in [3.05, 3.63) is 59.9 Å². The lowest BCUT2D eigenvalue weighted by molar-refractivity contribution is -0.126. The van der Waals surface area contributed by atoms with Crippen LogP contribution in [0.2, 0.25) is 0 Å². The number of benzene rings is 2. The fourth-order valence-electron chi connectivity index (χ4n) is 5.38. The maximum atomic E-state index is 14.2. The minimum absolute atomic E-state index is 0.0947. The highest BCUT2D eigenvalue weighted by Crippen LogP contribution is 2.44. The second-order valence-corrected chi connectivity index (χ2v) is 9.09. The minimum Gasteiger partial charge on any atom is -0.379 e. The normalized spacial score (nSPS) is 21.8. The van der Waals surface area contributed by atoms with Crippen molar-refractivity contribution >= 4 is 23.2 Å². The third kappa shape index (κ3) is 4.39. The molecule has 1 saturated heterocycles. The van der Waals surface area contributed by atoms with E-state index in [4.69, 9.17) is 4.74 Å². The van der Waals surface area contributed by atoms with Gasteiger partial charge in [-0.1, -0.05) is 43.5 Å². The Bertz CT molecular complexity index is 1020. The van der Waals surface area contributed by atoms with Crippen LogP contribution >= 0.6 is 0 Å². The van der Waals surface area contributed by atoms with Gasteiger partial charge >= 0.3 is 0 Å². The van der Waals surface area contributed by atoms with Gasteiger partial charge in [0.05, 0.1) is 19.8 Å². The van der Waals surface area contributed by atoms with Crippen molar-refractivity contribution in [3.63, 3.8) is 0 Å². The summed E-state index contributed by atoms with van der Waals surface area (Å²) in [5.41, 5.74) is 2.10. The molecule has 0 aromatic heterocycles. The summed E-state index contributed by atoms with van der Waals surface area (Å²) in [6.45, 7) is 2.63. The van der Waals surface area contributed by atoms with Crippen molar-refractivity contribution in [1.82, 2.24) is 4.90 Å². The van der Waals surface area contributed by atoms with E-state index in [0.717, 1.165) is 36.9 Å². The van der Waals surface area contributed by atoms with Gasteiger partial charge in [0.1, 0.15) is 11.9 Å². The number of halogens is 1. The van der Waals surface area contributed by atoms with E-state index in [9.17, 15) is 14.0 Å². The molecule has 2 fully saturated rings. The van der Waals surface area contributed by atoms with E-state index in [2.05, 4.69) is 0 Å². The molecule has 2 amide bonds. The zero-order chi connectivity index (χ0) is 22.8. The number of amides is 2. The summed E-state index contributed by atoms with van der Waals surface area (Å²) >= 11 is 0. The van der Waals surface area contributed by atoms with E-state index in [1.807, 2.05) is 34.1 Å². The van der Waals surface area contributed by atoms with E-state index in [0.29, 0.717) is 32.0 Å². The molecule has 1 saturated carbocycles. The zero-order valence-electron chi connectivity index (χ0n) is 18.8. The third-order valence-electron chi connectivity index (χ3n) is 6.98. The maximum absolute atomic E-state index is 14.2. The van der Waals surface area contributed by atoms with E-state index < -0.39 is 11.9 Å². The topological polar surface area (TPSA) is 53.1 Å². The number of hydrogen-bond acceptors (Lipinski definition) is 4. The second-order valence-electron chi connectivity index (χ2n) is 9.09. The minimum atomic E-state index is -0.793. The van der Waals surface area contributed by atoms with Gasteiger partial charge in [0.15, 0.2) is 0 Å². The molecular weight excluding hydrogens is 421 g/mol. The number of carbonyl (C=O) groups is 2. The summed E-state index contributed by atoms with van der Waals surface area (Å²) in [4.78, 5) is 33.1. The number of hydrogen-bond donors (Lipinski definition) is 0. The molecule has 1 atom stereocenters. The summed E-state index contributed by atoms with van der Waals surface area (Å²) in [5.74, 6) is -0.733. The van der Waals surface area contributed by atoms with Crippen LogP contribution in [0.15, 0.2) is 48.5 Å². The van der Waals surface area contributed by atoms with Crippen molar-refractivity contribution < 1.29 is 18.7 Å². The van der Waals surface area contributed by atoms with Crippen molar-refractivity contribution in [2.24, 2.45) is 0 Å². The average molecular weight is 452 g/mol. The highest BCUT2D eigenvalue weighted by atomic mass is 19.1. The molecule has 0 radical (unpaired) electrons. The zero-order valence-corrected chi connectivity index (χ0v) is 18.8. The number of rotatable bonds is 5. The van der Waals surface area contributed by atoms with Gasteiger partial charge in [-0.05, 0) is 37.1 Å². The molecule has 2 aromatic rings. The fraction of sp³-hybridized carbons (Fsp3) is 0.462. The highest BCUT2D eigenvalue weighted by Gasteiger charge is 2.46. The number of anilines is 2. The van der Waals surface area contributed by atoms with Crippen molar-refractivity contribution in [1.29, 1.82) is 0 Å². The lowest BCUT2D eigenvalue weighted by Gasteiger charge is -2.34. The summed E-state index contributed by atoms with van der Waals surface area (Å²) in [5, 5.41) is 0. The van der Waals surface area contributed by atoms with Gasteiger partial charge in [0.2, 0.25) is 5.91 Å². The molecule has 7 heteroatoms. The molecule has 33 heavy (non-hydrogen) atoms. The Labute approximate surface area is 193 Å². The summed E-state index contributed by atoms with van der Waals surface area (Å²) < 4.78 is 19.6. The van der Waals surface area contributed by atoms with Crippen molar-refractivity contribution in [2.45, 2.75) is 44.2 Å². The second kappa shape index (κ2) is 9.61. The molecule has 174 valence electrons. The smallest absolute Gasteiger partial charge is 0.255 e. The lowest BCUT2D eigenvalue weighted by atomic mass is 9.94. The van der Waals surface area contributed by atoms with Crippen LogP contribution in [0.3, 0.4) is 0 Å². The first-order valence-corrected chi connectivity index (χ1v) is 11.9. The Balaban J connectivity index is 1.53. The molecule has 2 heterocycles. The van der Waals surface area contributed by atoms with Crippen LogP contribution in [0.5, 0.6) is 0 Å². The van der Waals surface area contributed by atoms with E-state index >= 15 is 0 Å². The molecule has 1 unspecified atom stereocenters. The van der Waals surface area contributed by atoms with Gasteiger partial charge in [-0.25, -0.2) is 4.39 Å². The monoisotopic (exact) mass is 451 g/mol. The number of para-hydroxylation sites is 1. The van der Waals surface area contributed by atoms with Crippen LogP contribution in [-0.4, -0.2) is 55.6 Å². The first kappa shape index (κ1) is 22.0. The first-order chi connectivity index (χ1) is 16.1. The van der Waals surface area contributed by atoms with Gasteiger partial charge < -0.3 is 9.64 Å². The van der Waals surface area contributed by atoms with Gasteiger partial charge in [0, 0.05) is 36.1 Å². The van der Waals surface area contributed by atoms with Crippen LogP contribution in [0, 0.1) is 5.82 Å². The molecule has 0 N–H and O–H groups in total. The van der Waals surface area contributed by atoms with Crippen molar-refractivity contribution in [2.75, 3.05) is 42.6 Å². The Morgan fingerprint density at radius 1 is 1.03 bits per heavy atom. The van der Waals surface area contributed by atoms with Crippen LogP contribution in [-0.2, 0) is 14.3 Å². The summed E-state index contributed by atoms with van der Waals surface area (Å²) in [6, 6.07) is 13.1. The molecule has 2 aromatic carbocycles. The molecule has 2 aliphatic heterocycles. The largest absolute Gasteiger partial charge is 0.379 e. The average Bonchev–Trinajstić information content (AvgIpc) is 3.12. The quantitative estimate of drug-likeness (QED) is 0.692. The predicted octanol–water partition coefficient (Wildman–Crippen LogP) is 3.91. The number of morpholine rings is 1. The van der Waals surface area contributed by atoms with Gasteiger partial charge in [-0.2, -0.15) is 0 Å². The van der Waals surface area contributed by atoms with E-state index in [1.54, 1.807) is 12.1 Å². The van der Waals surface area contributed by atoms with Crippen molar-refractivity contribution in [3.8, 4) is 0 Å². The van der Waals surface area contributed by atoms with Gasteiger partial charge in [-0.3, -0.25) is 19.4 Å². The van der Waals surface area contributed by atoms with Crippen LogP contribution in [0.4, 0.5) is 15.8 Å².